The highest BCUT2D eigenvalue weighted by atomic mass is 35.5. The molecule has 0 spiro atoms. The zero-order valence-corrected chi connectivity index (χ0v) is 13.5. The Bertz CT molecular complexity index is 656. The van der Waals surface area contributed by atoms with E-state index in [1.54, 1.807) is 0 Å². The van der Waals surface area contributed by atoms with Crippen LogP contribution in [0.2, 0.25) is 10.0 Å². The molecule has 0 aliphatic heterocycles. The summed E-state index contributed by atoms with van der Waals surface area (Å²) in [6.07, 6.45) is 0. The summed E-state index contributed by atoms with van der Waals surface area (Å²) >= 11 is 11.5. The zero-order chi connectivity index (χ0) is 17.0. The van der Waals surface area contributed by atoms with Crippen molar-refractivity contribution >= 4 is 30.9 Å². The van der Waals surface area contributed by atoms with Gasteiger partial charge in [0, 0.05) is 0 Å². The van der Waals surface area contributed by atoms with Crippen LogP contribution in [0, 0.1) is 11.6 Å². The molecule has 0 fully saturated rings. The van der Waals surface area contributed by atoms with E-state index >= 15 is 0 Å². The number of rotatable bonds is 6. The topological polar surface area (TPSA) is 36.9 Å². The van der Waals surface area contributed by atoms with Gasteiger partial charge in [-0.25, -0.2) is 0 Å². The Morgan fingerprint density at radius 2 is 1.17 bits per heavy atom. The summed E-state index contributed by atoms with van der Waals surface area (Å²) in [6.45, 7) is 0. The van der Waals surface area contributed by atoms with Gasteiger partial charge in [0.1, 0.15) is 11.5 Å². The van der Waals surface area contributed by atoms with Crippen molar-refractivity contribution < 1.29 is 27.6 Å². The van der Waals surface area contributed by atoms with Gasteiger partial charge in [0.05, 0.1) is 24.3 Å². The van der Waals surface area contributed by atoms with Crippen molar-refractivity contribution in [2.24, 2.45) is 0 Å². The number of hydrogen-bond donors (Lipinski definition) is 0. The molecular weight excluding hydrogens is 352 g/mol. The molecular formula is C14H10BCl2F2O4. The first-order chi connectivity index (χ1) is 11.0. The Balaban J connectivity index is 2.09. The number of hydrogen-bond acceptors (Lipinski definition) is 4. The second-order valence-electron chi connectivity index (χ2n) is 4.12. The van der Waals surface area contributed by atoms with E-state index in [4.69, 9.17) is 42.0 Å². The highest BCUT2D eigenvalue weighted by Gasteiger charge is 2.18. The summed E-state index contributed by atoms with van der Waals surface area (Å²) in [4.78, 5) is 0. The van der Waals surface area contributed by atoms with Crippen LogP contribution in [0.15, 0.2) is 24.3 Å². The van der Waals surface area contributed by atoms with Gasteiger partial charge in [-0.2, -0.15) is 8.78 Å². The van der Waals surface area contributed by atoms with E-state index in [9.17, 15) is 8.78 Å². The maximum absolute atomic E-state index is 14.0. The van der Waals surface area contributed by atoms with E-state index in [2.05, 4.69) is 0 Å². The first-order valence-corrected chi connectivity index (χ1v) is 6.94. The van der Waals surface area contributed by atoms with Crippen molar-refractivity contribution in [1.82, 2.24) is 0 Å². The van der Waals surface area contributed by atoms with Gasteiger partial charge in [-0.1, -0.05) is 23.2 Å². The Labute approximate surface area is 142 Å². The lowest BCUT2D eigenvalue weighted by molar-refractivity contribution is 0.362. The largest absolute Gasteiger partial charge is 0.658 e. The Hall–Kier alpha value is -1.86. The lowest BCUT2D eigenvalue weighted by atomic mass is 10.2. The maximum Gasteiger partial charge on any atom is 0.658 e. The summed E-state index contributed by atoms with van der Waals surface area (Å²) in [5, 5.41) is 0.179. The molecule has 1 radical (unpaired) electrons. The predicted molar refractivity (Wildman–Crippen MR) is 82.9 cm³/mol. The third-order valence-electron chi connectivity index (χ3n) is 2.79. The summed E-state index contributed by atoms with van der Waals surface area (Å²) in [7, 11) is 3.30. The Kier molecular flexibility index (Phi) is 5.79. The van der Waals surface area contributed by atoms with Gasteiger partial charge < -0.3 is 18.8 Å². The molecule has 0 aliphatic rings. The fourth-order valence-electron chi connectivity index (χ4n) is 1.71. The third-order valence-corrected chi connectivity index (χ3v) is 3.38. The molecule has 0 unspecified atom stereocenters. The van der Waals surface area contributed by atoms with Crippen molar-refractivity contribution in [3.63, 3.8) is 0 Å². The molecule has 2 aromatic carbocycles. The molecule has 0 heterocycles. The normalized spacial score (nSPS) is 10.2. The van der Waals surface area contributed by atoms with E-state index in [0.29, 0.717) is 0 Å². The van der Waals surface area contributed by atoms with Crippen molar-refractivity contribution in [3.8, 4) is 23.0 Å². The number of methoxy groups -OCH3 is 2. The minimum atomic E-state index is -0.811. The van der Waals surface area contributed by atoms with Crippen LogP contribution in [0.4, 0.5) is 8.78 Å². The van der Waals surface area contributed by atoms with Crippen LogP contribution in [0.1, 0.15) is 0 Å². The van der Waals surface area contributed by atoms with Crippen molar-refractivity contribution in [3.05, 3.63) is 45.9 Å². The van der Waals surface area contributed by atoms with Crippen LogP contribution in [0.3, 0.4) is 0 Å². The SMILES string of the molecule is COc1c(Cl)ccc(O[B]Oc2ccc(Cl)c(OC)c2F)c1F. The number of benzene rings is 2. The van der Waals surface area contributed by atoms with Crippen LogP contribution in [0.5, 0.6) is 23.0 Å². The van der Waals surface area contributed by atoms with Crippen molar-refractivity contribution in [2.75, 3.05) is 14.2 Å². The minimum absolute atomic E-state index is 0.0896. The molecule has 2 aromatic rings. The average Bonchev–Trinajstić information content (AvgIpc) is 2.52. The fourth-order valence-corrected chi connectivity index (χ4v) is 2.16. The van der Waals surface area contributed by atoms with E-state index < -0.39 is 11.6 Å². The van der Waals surface area contributed by atoms with Crippen molar-refractivity contribution in [2.45, 2.75) is 0 Å². The molecule has 9 heteroatoms. The quantitative estimate of drug-likeness (QED) is 0.719. The first-order valence-electron chi connectivity index (χ1n) is 6.18. The standard InChI is InChI=1S/C14H10BCl2F2O4/c1-20-13-7(16)3-5-9(11(13)18)22-15-23-10-6-4-8(17)14(21-2)12(10)19/h3-6H,1-2H3. The molecule has 23 heavy (non-hydrogen) atoms. The van der Waals surface area contributed by atoms with Gasteiger partial charge in [-0.05, 0) is 24.3 Å². The molecule has 0 saturated carbocycles. The molecule has 0 amide bonds. The first kappa shape index (κ1) is 17.5. The van der Waals surface area contributed by atoms with Gasteiger partial charge in [-0.15, -0.1) is 0 Å². The summed E-state index contributed by atoms with van der Waals surface area (Å²) in [5.41, 5.74) is 0. The highest BCUT2D eigenvalue weighted by Crippen LogP contribution is 2.35. The third kappa shape index (κ3) is 3.73. The lowest BCUT2D eigenvalue weighted by Crippen LogP contribution is -2.13. The summed E-state index contributed by atoms with van der Waals surface area (Å²) in [5.74, 6) is -2.36. The molecule has 121 valence electrons. The van der Waals surface area contributed by atoms with Crippen LogP contribution in [-0.4, -0.2) is 21.9 Å². The molecule has 0 N–H and O–H groups in total. The van der Waals surface area contributed by atoms with Crippen LogP contribution in [0.25, 0.3) is 0 Å². The summed E-state index contributed by atoms with van der Waals surface area (Å²) < 4.78 is 47.6. The molecule has 4 nitrogen and oxygen atoms in total. The smallest absolute Gasteiger partial charge is 0.524 e. The average molecular weight is 362 g/mol. The monoisotopic (exact) mass is 361 g/mol. The van der Waals surface area contributed by atoms with Gasteiger partial charge in [-0.3, -0.25) is 0 Å². The number of ether oxygens (including phenoxy) is 2. The van der Waals surface area contributed by atoms with Gasteiger partial charge in [0.2, 0.25) is 11.6 Å². The van der Waals surface area contributed by atoms with Crippen molar-refractivity contribution in [1.29, 1.82) is 0 Å². The minimum Gasteiger partial charge on any atom is -0.524 e. The second kappa shape index (κ2) is 7.61. The number of halogens is 4. The highest BCUT2D eigenvalue weighted by molar-refractivity contribution is 6.32. The molecule has 2 rings (SSSR count). The fraction of sp³-hybridized carbons (Fsp3) is 0.143. The van der Waals surface area contributed by atoms with Gasteiger partial charge in [0.25, 0.3) is 0 Å². The molecule has 0 atom stereocenters. The Morgan fingerprint density at radius 1 is 0.783 bits per heavy atom. The van der Waals surface area contributed by atoms with Crippen LogP contribution in [-0.2, 0) is 0 Å². The van der Waals surface area contributed by atoms with E-state index in [0.717, 1.165) is 7.69 Å². The van der Waals surface area contributed by atoms with E-state index in [-0.39, 0.29) is 33.0 Å². The lowest BCUT2D eigenvalue weighted by Gasteiger charge is -2.12. The molecule has 0 bridgehead atoms. The van der Waals surface area contributed by atoms with Crippen LogP contribution < -0.4 is 18.8 Å². The summed E-state index contributed by atoms with van der Waals surface area (Å²) in [6, 6.07) is 5.33. The maximum atomic E-state index is 14.0. The second-order valence-corrected chi connectivity index (χ2v) is 4.93. The molecule has 0 aliphatic carbocycles. The predicted octanol–water partition coefficient (Wildman–Crippen LogP) is 4.28. The molecule has 0 saturated heterocycles. The van der Waals surface area contributed by atoms with Crippen LogP contribution >= 0.6 is 23.2 Å². The van der Waals surface area contributed by atoms with E-state index in [1.807, 2.05) is 0 Å². The molecule has 0 aromatic heterocycles. The van der Waals surface area contributed by atoms with Gasteiger partial charge in [0.15, 0.2) is 11.5 Å². The Morgan fingerprint density at radius 3 is 1.52 bits per heavy atom. The van der Waals surface area contributed by atoms with E-state index in [1.165, 1.54) is 38.5 Å². The zero-order valence-electron chi connectivity index (χ0n) is 12.0. The van der Waals surface area contributed by atoms with Gasteiger partial charge >= 0.3 is 7.69 Å².